The zero-order valence-corrected chi connectivity index (χ0v) is 8.99. The molecule has 1 aromatic carbocycles. The fourth-order valence-corrected chi connectivity index (χ4v) is 2.50. The molecule has 2 heterocycles. The summed E-state index contributed by atoms with van der Waals surface area (Å²) in [6, 6.07) is 6.15. The van der Waals surface area contributed by atoms with E-state index >= 15 is 0 Å². The molecule has 15 heavy (non-hydrogen) atoms. The molecule has 1 N–H and O–H groups in total. The number of aliphatic imine (C=N–C) groups is 1. The molecule has 2 aliphatic rings. The number of nitrogens with zero attached hydrogens (tertiary/aromatic N) is 2. The first-order valence-corrected chi connectivity index (χ1v) is 5.26. The normalized spacial score (nSPS) is 27.7. The zero-order valence-electron chi connectivity index (χ0n) is 8.99. The topological polar surface area (TPSA) is 35.8 Å². The summed E-state index contributed by atoms with van der Waals surface area (Å²) < 4.78 is 0. The van der Waals surface area contributed by atoms with Crippen molar-refractivity contribution >= 4 is 5.84 Å². The van der Waals surface area contributed by atoms with Crippen LogP contribution < -0.4 is 0 Å². The first-order chi connectivity index (χ1) is 7.10. The Hall–Kier alpha value is -1.35. The maximum Gasteiger partial charge on any atom is 0.163 e. The standard InChI is InChI=1S/C12H14N2O/c1-8-3-4-10-9(7-8)11-13-5-6-14(11)12(10,2)15/h3-4,7,15H,5-6H2,1-2H3. The molecule has 0 bridgehead atoms. The second-order valence-electron chi connectivity index (χ2n) is 4.43. The highest BCUT2D eigenvalue weighted by molar-refractivity contribution is 6.04. The van der Waals surface area contributed by atoms with Crippen molar-refractivity contribution in [3.05, 3.63) is 34.9 Å². The first-order valence-electron chi connectivity index (χ1n) is 5.26. The largest absolute Gasteiger partial charge is 0.367 e. The van der Waals surface area contributed by atoms with Crippen LogP contribution in [0.3, 0.4) is 0 Å². The molecule has 78 valence electrons. The van der Waals surface area contributed by atoms with Gasteiger partial charge in [-0.15, -0.1) is 0 Å². The van der Waals surface area contributed by atoms with Crippen molar-refractivity contribution in [3.63, 3.8) is 0 Å². The molecule has 0 saturated carbocycles. The number of rotatable bonds is 0. The highest BCUT2D eigenvalue weighted by Crippen LogP contribution is 2.39. The Bertz CT molecular complexity index is 463. The van der Waals surface area contributed by atoms with E-state index in [1.54, 1.807) is 0 Å². The minimum Gasteiger partial charge on any atom is -0.367 e. The number of aliphatic hydroxyl groups is 1. The van der Waals surface area contributed by atoms with Crippen LogP contribution in [0.1, 0.15) is 23.6 Å². The maximum atomic E-state index is 10.5. The minimum absolute atomic E-state index is 0.791. The fourth-order valence-electron chi connectivity index (χ4n) is 2.50. The molecule has 3 rings (SSSR count). The third-order valence-electron chi connectivity index (χ3n) is 3.29. The molecular formula is C12H14N2O. The van der Waals surface area contributed by atoms with Crippen LogP contribution in [0, 0.1) is 6.92 Å². The van der Waals surface area contributed by atoms with Crippen LogP contribution in [0.5, 0.6) is 0 Å². The third kappa shape index (κ3) is 1.01. The lowest BCUT2D eigenvalue weighted by Crippen LogP contribution is -2.39. The molecule has 0 aromatic heterocycles. The highest BCUT2D eigenvalue weighted by Gasteiger charge is 2.44. The predicted molar refractivity (Wildman–Crippen MR) is 58.9 cm³/mol. The lowest BCUT2D eigenvalue weighted by atomic mass is 10.0. The van der Waals surface area contributed by atoms with Crippen molar-refractivity contribution in [2.75, 3.05) is 13.1 Å². The van der Waals surface area contributed by atoms with Crippen LogP contribution >= 0.6 is 0 Å². The number of aryl methyl sites for hydroxylation is 1. The molecule has 0 amide bonds. The van der Waals surface area contributed by atoms with E-state index in [2.05, 4.69) is 18.0 Å². The smallest absolute Gasteiger partial charge is 0.163 e. The number of fused-ring (bicyclic) bond motifs is 3. The summed E-state index contributed by atoms with van der Waals surface area (Å²) in [7, 11) is 0. The SMILES string of the molecule is Cc1ccc2c(c1)C1=NCCN1C2(C)O. The van der Waals surface area contributed by atoms with E-state index in [0.717, 1.165) is 30.1 Å². The third-order valence-corrected chi connectivity index (χ3v) is 3.29. The van der Waals surface area contributed by atoms with Crippen molar-refractivity contribution in [3.8, 4) is 0 Å². The van der Waals surface area contributed by atoms with Gasteiger partial charge in [-0.1, -0.05) is 17.7 Å². The monoisotopic (exact) mass is 202 g/mol. The predicted octanol–water partition coefficient (Wildman–Crippen LogP) is 1.24. The molecule has 3 nitrogen and oxygen atoms in total. The summed E-state index contributed by atoms with van der Waals surface area (Å²) in [6.45, 7) is 5.51. The van der Waals surface area contributed by atoms with Crippen LogP contribution in [0.2, 0.25) is 0 Å². The van der Waals surface area contributed by atoms with Crippen molar-refractivity contribution in [2.24, 2.45) is 4.99 Å². The Morgan fingerprint density at radius 3 is 3.07 bits per heavy atom. The van der Waals surface area contributed by atoms with Crippen molar-refractivity contribution < 1.29 is 5.11 Å². The molecule has 0 aliphatic carbocycles. The Labute approximate surface area is 89.1 Å². The van der Waals surface area contributed by atoms with Gasteiger partial charge in [0, 0.05) is 17.7 Å². The van der Waals surface area contributed by atoms with E-state index in [4.69, 9.17) is 0 Å². The van der Waals surface area contributed by atoms with Gasteiger partial charge in [-0.25, -0.2) is 0 Å². The van der Waals surface area contributed by atoms with Crippen LogP contribution in [0.15, 0.2) is 23.2 Å². The van der Waals surface area contributed by atoms with Crippen molar-refractivity contribution in [1.29, 1.82) is 0 Å². The number of hydrogen-bond donors (Lipinski definition) is 1. The molecule has 1 atom stereocenters. The van der Waals surface area contributed by atoms with Gasteiger partial charge in [-0.3, -0.25) is 4.99 Å². The molecule has 3 heteroatoms. The molecule has 0 saturated heterocycles. The molecule has 1 unspecified atom stereocenters. The van der Waals surface area contributed by atoms with E-state index in [-0.39, 0.29) is 0 Å². The van der Waals surface area contributed by atoms with Crippen LogP contribution in [0.25, 0.3) is 0 Å². The summed E-state index contributed by atoms with van der Waals surface area (Å²) in [4.78, 5) is 6.44. The van der Waals surface area contributed by atoms with Crippen LogP contribution in [0.4, 0.5) is 0 Å². The minimum atomic E-state index is -0.877. The Balaban J connectivity index is 2.28. The molecular weight excluding hydrogens is 188 g/mol. The van der Waals surface area contributed by atoms with Gasteiger partial charge in [0.05, 0.1) is 6.54 Å². The van der Waals surface area contributed by atoms with Crippen LogP contribution in [-0.4, -0.2) is 28.9 Å². The molecule has 0 fully saturated rings. The summed E-state index contributed by atoms with van der Waals surface area (Å²) in [6.07, 6.45) is 0. The van der Waals surface area contributed by atoms with Gasteiger partial charge >= 0.3 is 0 Å². The Kier molecular flexibility index (Phi) is 1.55. The Morgan fingerprint density at radius 1 is 1.47 bits per heavy atom. The molecule has 0 spiro atoms. The summed E-state index contributed by atoms with van der Waals surface area (Å²) in [5, 5.41) is 10.5. The maximum absolute atomic E-state index is 10.5. The Morgan fingerprint density at radius 2 is 2.27 bits per heavy atom. The summed E-state index contributed by atoms with van der Waals surface area (Å²) in [5.74, 6) is 0.957. The van der Waals surface area contributed by atoms with E-state index in [0.29, 0.717) is 0 Å². The quantitative estimate of drug-likeness (QED) is 0.687. The van der Waals surface area contributed by atoms with Gasteiger partial charge in [-0.2, -0.15) is 0 Å². The summed E-state index contributed by atoms with van der Waals surface area (Å²) >= 11 is 0. The van der Waals surface area contributed by atoms with E-state index < -0.39 is 5.72 Å². The van der Waals surface area contributed by atoms with E-state index in [1.165, 1.54) is 5.56 Å². The second-order valence-corrected chi connectivity index (χ2v) is 4.43. The second kappa shape index (κ2) is 2.61. The van der Waals surface area contributed by atoms with Gasteiger partial charge in [0.1, 0.15) is 5.84 Å². The van der Waals surface area contributed by atoms with Gasteiger partial charge < -0.3 is 10.0 Å². The lowest BCUT2D eigenvalue weighted by molar-refractivity contribution is -0.0461. The summed E-state index contributed by atoms with van der Waals surface area (Å²) in [5.41, 5.74) is 2.41. The van der Waals surface area contributed by atoms with Gasteiger partial charge in [-0.05, 0) is 19.9 Å². The van der Waals surface area contributed by atoms with Crippen molar-refractivity contribution in [1.82, 2.24) is 4.90 Å². The average molecular weight is 202 g/mol. The van der Waals surface area contributed by atoms with Gasteiger partial charge in [0.15, 0.2) is 5.72 Å². The van der Waals surface area contributed by atoms with Gasteiger partial charge in [0.2, 0.25) is 0 Å². The molecule has 0 radical (unpaired) electrons. The highest BCUT2D eigenvalue weighted by atomic mass is 16.3. The average Bonchev–Trinajstić information content (AvgIpc) is 2.71. The lowest BCUT2D eigenvalue weighted by Gasteiger charge is -2.29. The number of amidine groups is 1. The molecule has 1 aromatic rings. The number of hydrogen-bond acceptors (Lipinski definition) is 3. The molecule has 2 aliphatic heterocycles. The fraction of sp³-hybridized carbons (Fsp3) is 0.417. The van der Waals surface area contributed by atoms with E-state index in [9.17, 15) is 5.11 Å². The van der Waals surface area contributed by atoms with Gasteiger partial charge in [0.25, 0.3) is 0 Å². The van der Waals surface area contributed by atoms with Crippen molar-refractivity contribution in [2.45, 2.75) is 19.6 Å². The van der Waals surface area contributed by atoms with E-state index in [1.807, 2.05) is 24.0 Å². The number of benzene rings is 1. The van der Waals surface area contributed by atoms with Crippen LogP contribution in [-0.2, 0) is 5.72 Å². The zero-order chi connectivity index (χ0) is 10.6. The first kappa shape index (κ1) is 8.92.